The minimum Gasteiger partial charge on any atom is -0.497 e. The number of rotatable bonds is 4. The maximum Gasteiger partial charge on any atom is 0.123 e. The molecule has 0 aliphatic heterocycles. The maximum atomic E-state index is 13.3. The Hall–Kier alpha value is -3.07. The summed E-state index contributed by atoms with van der Waals surface area (Å²) in [6, 6.07) is 25.2. The molecule has 2 nitrogen and oxygen atoms in total. The highest BCUT2D eigenvalue weighted by Crippen LogP contribution is 2.31. The van der Waals surface area contributed by atoms with E-state index in [1.165, 1.54) is 17.7 Å². The maximum absolute atomic E-state index is 13.3. The summed E-state index contributed by atoms with van der Waals surface area (Å²) in [7, 11) is 1.67. The lowest BCUT2D eigenvalue weighted by atomic mass is 10.1. The van der Waals surface area contributed by atoms with Crippen LogP contribution < -0.4 is 4.74 Å². The second-order valence-electron chi connectivity index (χ2n) is 6.03. The molecule has 0 N–H and O–H groups in total. The molecule has 0 amide bonds. The van der Waals surface area contributed by atoms with Crippen molar-refractivity contribution >= 4 is 10.9 Å². The Morgan fingerprint density at radius 2 is 1.64 bits per heavy atom. The normalized spacial score (nSPS) is 11.0. The molecule has 0 aliphatic rings. The summed E-state index contributed by atoms with van der Waals surface area (Å²) in [6.07, 6.45) is 0. The number of hydrogen-bond donors (Lipinski definition) is 0. The average molecular weight is 331 g/mol. The zero-order valence-electron chi connectivity index (χ0n) is 13.9. The van der Waals surface area contributed by atoms with Crippen LogP contribution in [0.3, 0.4) is 0 Å². The SMILES string of the molecule is COc1ccc2c(c1)cc(-c1ccc(F)cc1)n2Cc1ccccc1. The second-order valence-corrected chi connectivity index (χ2v) is 6.03. The monoisotopic (exact) mass is 331 g/mol. The van der Waals surface area contributed by atoms with Crippen molar-refractivity contribution in [2.75, 3.05) is 7.11 Å². The van der Waals surface area contributed by atoms with Gasteiger partial charge in [-0.3, -0.25) is 0 Å². The molecule has 0 saturated carbocycles. The van der Waals surface area contributed by atoms with Crippen LogP contribution in [-0.2, 0) is 6.54 Å². The van der Waals surface area contributed by atoms with Crippen molar-refractivity contribution in [2.24, 2.45) is 0 Å². The first-order valence-corrected chi connectivity index (χ1v) is 8.22. The first kappa shape index (κ1) is 15.5. The van der Waals surface area contributed by atoms with E-state index in [4.69, 9.17) is 4.74 Å². The van der Waals surface area contributed by atoms with Crippen LogP contribution in [0.1, 0.15) is 5.56 Å². The van der Waals surface area contributed by atoms with Crippen LogP contribution in [-0.4, -0.2) is 11.7 Å². The van der Waals surface area contributed by atoms with Gasteiger partial charge in [-0.2, -0.15) is 0 Å². The Labute approximate surface area is 146 Å². The number of aromatic nitrogens is 1. The molecule has 1 heterocycles. The van der Waals surface area contributed by atoms with Crippen LogP contribution in [0.4, 0.5) is 4.39 Å². The van der Waals surface area contributed by atoms with Gasteiger partial charge in [0.15, 0.2) is 0 Å². The number of hydrogen-bond acceptors (Lipinski definition) is 1. The quantitative estimate of drug-likeness (QED) is 0.481. The van der Waals surface area contributed by atoms with Gasteiger partial charge in [-0.15, -0.1) is 0 Å². The molecule has 1 aromatic heterocycles. The third kappa shape index (κ3) is 3.01. The van der Waals surface area contributed by atoms with Gasteiger partial charge in [0.1, 0.15) is 11.6 Å². The molecule has 0 unspecified atom stereocenters. The zero-order valence-corrected chi connectivity index (χ0v) is 13.9. The minimum absolute atomic E-state index is 0.226. The van der Waals surface area contributed by atoms with Crippen LogP contribution in [0.2, 0.25) is 0 Å². The van der Waals surface area contributed by atoms with E-state index in [1.807, 2.05) is 42.5 Å². The fraction of sp³-hybridized carbons (Fsp3) is 0.0909. The highest BCUT2D eigenvalue weighted by atomic mass is 19.1. The van der Waals surface area contributed by atoms with Gasteiger partial charge in [-0.05, 0) is 59.7 Å². The van der Waals surface area contributed by atoms with E-state index in [2.05, 4.69) is 28.8 Å². The predicted octanol–water partition coefficient (Wildman–Crippen LogP) is 5.50. The van der Waals surface area contributed by atoms with Gasteiger partial charge in [0, 0.05) is 23.1 Å². The number of methoxy groups -OCH3 is 1. The number of fused-ring (bicyclic) bond motifs is 1. The molecule has 0 atom stereocenters. The molecule has 124 valence electrons. The van der Waals surface area contributed by atoms with E-state index in [0.717, 1.165) is 34.5 Å². The smallest absolute Gasteiger partial charge is 0.123 e. The van der Waals surface area contributed by atoms with Gasteiger partial charge >= 0.3 is 0 Å². The lowest BCUT2D eigenvalue weighted by molar-refractivity contribution is 0.415. The molecule has 4 aromatic rings. The molecule has 3 aromatic carbocycles. The van der Waals surface area contributed by atoms with Crippen LogP contribution in [0.15, 0.2) is 78.9 Å². The molecule has 0 saturated heterocycles. The van der Waals surface area contributed by atoms with Crippen LogP contribution in [0.5, 0.6) is 5.75 Å². The van der Waals surface area contributed by atoms with E-state index in [0.29, 0.717) is 0 Å². The van der Waals surface area contributed by atoms with Crippen molar-refractivity contribution < 1.29 is 9.13 Å². The van der Waals surface area contributed by atoms with Crippen molar-refractivity contribution in [3.8, 4) is 17.0 Å². The third-order valence-electron chi connectivity index (χ3n) is 4.43. The Bertz CT molecular complexity index is 1000. The molecule has 3 heteroatoms. The van der Waals surface area contributed by atoms with Crippen LogP contribution in [0, 0.1) is 5.82 Å². The molecular weight excluding hydrogens is 313 g/mol. The highest BCUT2D eigenvalue weighted by molar-refractivity contribution is 5.88. The molecular formula is C22H18FNO. The Kier molecular flexibility index (Phi) is 3.98. The molecule has 0 spiro atoms. The summed E-state index contributed by atoms with van der Waals surface area (Å²) in [4.78, 5) is 0. The summed E-state index contributed by atoms with van der Waals surface area (Å²) < 4.78 is 20.9. The van der Waals surface area contributed by atoms with Crippen LogP contribution in [0.25, 0.3) is 22.2 Å². The van der Waals surface area contributed by atoms with Crippen molar-refractivity contribution in [3.05, 3.63) is 90.2 Å². The minimum atomic E-state index is -0.226. The Balaban J connectivity index is 1.90. The Morgan fingerprint density at radius 3 is 2.36 bits per heavy atom. The van der Waals surface area contributed by atoms with E-state index >= 15 is 0 Å². The standard InChI is InChI=1S/C22H18FNO/c1-25-20-11-12-21-18(13-20)14-22(17-7-9-19(23)10-8-17)24(21)15-16-5-3-2-4-6-16/h2-14H,15H2,1H3. The number of ether oxygens (including phenoxy) is 1. The van der Waals surface area contributed by atoms with Crippen LogP contribution >= 0.6 is 0 Å². The summed E-state index contributed by atoms with van der Waals surface area (Å²) in [5.41, 5.74) is 4.41. The van der Waals surface area contributed by atoms with Gasteiger partial charge in [0.2, 0.25) is 0 Å². The van der Waals surface area contributed by atoms with Crippen molar-refractivity contribution in [1.29, 1.82) is 0 Å². The number of benzene rings is 3. The summed E-state index contributed by atoms with van der Waals surface area (Å²) in [5, 5.41) is 1.11. The molecule has 4 rings (SSSR count). The van der Waals surface area contributed by atoms with Gasteiger partial charge in [-0.25, -0.2) is 4.39 Å². The van der Waals surface area contributed by atoms with Crippen molar-refractivity contribution in [2.45, 2.75) is 6.54 Å². The lowest BCUT2D eigenvalue weighted by Gasteiger charge is -2.12. The third-order valence-corrected chi connectivity index (χ3v) is 4.43. The molecule has 25 heavy (non-hydrogen) atoms. The average Bonchev–Trinajstić information content (AvgIpc) is 3.01. The van der Waals surface area contributed by atoms with Gasteiger partial charge in [0.25, 0.3) is 0 Å². The predicted molar refractivity (Wildman–Crippen MR) is 99.4 cm³/mol. The zero-order chi connectivity index (χ0) is 17.2. The summed E-state index contributed by atoms with van der Waals surface area (Å²) >= 11 is 0. The molecule has 0 radical (unpaired) electrons. The fourth-order valence-corrected chi connectivity index (χ4v) is 3.17. The molecule has 0 bridgehead atoms. The van der Waals surface area contributed by atoms with Gasteiger partial charge in [0.05, 0.1) is 7.11 Å². The van der Waals surface area contributed by atoms with Crippen molar-refractivity contribution in [1.82, 2.24) is 4.57 Å². The van der Waals surface area contributed by atoms with Gasteiger partial charge < -0.3 is 9.30 Å². The number of halogens is 1. The second kappa shape index (κ2) is 6.44. The first-order chi connectivity index (χ1) is 12.2. The molecule has 0 aliphatic carbocycles. The van der Waals surface area contributed by atoms with Gasteiger partial charge in [-0.1, -0.05) is 30.3 Å². The van der Waals surface area contributed by atoms with E-state index in [-0.39, 0.29) is 5.82 Å². The molecule has 0 fully saturated rings. The summed E-state index contributed by atoms with van der Waals surface area (Å²) in [5.74, 6) is 0.603. The topological polar surface area (TPSA) is 14.2 Å². The van der Waals surface area contributed by atoms with E-state index < -0.39 is 0 Å². The largest absolute Gasteiger partial charge is 0.497 e. The first-order valence-electron chi connectivity index (χ1n) is 8.22. The van der Waals surface area contributed by atoms with Crippen molar-refractivity contribution in [3.63, 3.8) is 0 Å². The highest BCUT2D eigenvalue weighted by Gasteiger charge is 2.12. The lowest BCUT2D eigenvalue weighted by Crippen LogP contribution is -2.01. The Morgan fingerprint density at radius 1 is 0.880 bits per heavy atom. The van der Waals surface area contributed by atoms with E-state index in [9.17, 15) is 4.39 Å². The number of nitrogens with zero attached hydrogens (tertiary/aromatic N) is 1. The summed E-state index contributed by atoms with van der Waals surface area (Å²) in [6.45, 7) is 0.753. The fourth-order valence-electron chi connectivity index (χ4n) is 3.17. The van der Waals surface area contributed by atoms with E-state index in [1.54, 1.807) is 7.11 Å².